The first-order chi connectivity index (χ1) is 11.6. The van der Waals surface area contributed by atoms with E-state index in [1.807, 2.05) is 0 Å². The normalized spacial score (nSPS) is 19.0. The molecule has 2 heterocycles. The molecule has 6 heteroatoms. The molecule has 0 radical (unpaired) electrons. The number of carbonyl (C=O) groups excluding carboxylic acids is 1. The lowest BCUT2D eigenvalue weighted by Gasteiger charge is -2.31. The first-order valence-corrected chi connectivity index (χ1v) is 8.55. The van der Waals surface area contributed by atoms with Crippen LogP contribution in [0.3, 0.4) is 0 Å². The number of rotatable bonds is 4. The predicted octanol–water partition coefficient (Wildman–Crippen LogP) is 3.77. The summed E-state index contributed by atoms with van der Waals surface area (Å²) >= 11 is 0. The molecule has 0 aromatic carbocycles. The van der Waals surface area contributed by atoms with E-state index in [0.29, 0.717) is 30.5 Å². The Hall–Kier alpha value is -1.95. The van der Waals surface area contributed by atoms with Crippen LogP contribution in [0, 0.1) is 5.95 Å². The van der Waals surface area contributed by atoms with Crippen LogP contribution in [0.15, 0.2) is 24.4 Å². The number of aliphatic hydroxyl groups excluding tert-OH is 1. The summed E-state index contributed by atoms with van der Waals surface area (Å²) in [6.07, 6.45) is 1.58. The van der Waals surface area contributed by atoms with Crippen molar-refractivity contribution in [3.63, 3.8) is 0 Å². The van der Waals surface area contributed by atoms with E-state index in [4.69, 9.17) is 4.74 Å². The number of carbonyl (C=O) groups is 1. The molecule has 1 aromatic heterocycles. The number of aliphatic hydroxyl groups is 1. The number of allylic oxidation sites excluding steroid dienone is 1. The molecule has 0 aliphatic carbocycles. The summed E-state index contributed by atoms with van der Waals surface area (Å²) in [4.78, 5) is 17.6. The molecule has 1 aliphatic heterocycles. The maximum atomic E-state index is 14.2. The third-order valence-corrected chi connectivity index (χ3v) is 4.13. The van der Waals surface area contributed by atoms with Crippen molar-refractivity contribution >= 4 is 6.09 Å². The predicted molar refractivity (Wildman–Crippen MR) is 93.6 cm³/mol. The van der Waals surface area contributed by atoms with Crippen molar-refractivity contribution in [2.75, 3.05) is 6.54 Å². The molecule has 138 valence electrons. The van der Waals surface area contributed by atoms with Gasteiger partial charge in [0, 0.05) is 18.3 Å². The second kappa shape index (κ2) is 7.52. The van der Waals surface area contributed by atoms with Crippen LogP contribution in [0.2, 0.25) is 0 Å². The highest BCUT2D eigenvalue weighted by atomic mass is 19.1. The van der Waals surface area contributed by atoms with Gasteiger partial charge in [0.15, 0.2) is 0 Å². The molecule has 1 fully saturated rings. The molecule has 1 aliphatic rings. The molecule has 0 bridgehead atoms. The third kappa shape index (κ3) is 4.78. The highest BCUT2D eigenvalue weighted by Crippen LogP contribution is 2.33. The summed E-state index contributed by atoms with van der Waals surface area (Å²) in [5, 5.41) is 10.9. The minimum atomic E-state index is -0.998. The molecule has 1 aromatic rings. The first-order valence-electron chi connectivity index (χ1n) is 8.55. The average molecular weight is 350 g/mol. The van der Waals surface area contributed by atoms with Crippen molar-refractivity contribution < 1.29 is 19.0 Å². The Bertz CT molecular complexity index is 655. The van der Waals surface area contributed by atoms with Crippen LogP contribution in [0.25, 0.3) is 0 Å². The molecule has 1 N–H and O–H groups in total. The number of halogens is 1. The van der Waals surface area contributed by atoms with Crippen molar-refractivity contribution in [2.45, 2.75) is 64.7 Å². The highest BCUT2D eigenvalue weighted by Gasteiger charge is 2.38. The van der Waals surface area contributed by atoms with Gasteiger partial charge in [0.2, 0.25) is 5.95 Å². The molecule has 1 saturated heterocycles. The van der Waals surface area contributed by atoms with E-state index in [-0.39, 0.29) is 0 Å². The number of hydrogen-bond donors (Lipinski definition) is 1. The summed E-state index contributed by atoms with van der Waals surface area (Å²) in [6, 6.07) is 1.16. The van der Waals surface area contributed by atoms with Crippen molar-refractivity contribution in [1.29, 1.82) is 0 Å². The van der Waals surface area contributed by atoms with E-state index in [2.05, 4.69) is 11.6 Å². The number of pyridine rings is 1. The average Bonchev–Trinajstić information content (AvgIpc) is 2.96. The molecule has 0 spiro atoms. The zero-order valence-electron chi connectivity index (χ0n) is 15.4. The minimum absolute atomic E-state index is 0.297. The van der Waals surface area contributed by atoms with Gasteiger partial charge in [0.05, 0.1) is 12.1 Å². The van der Waals surface area contributed by atoms with Crippen LogP contribution in [-0.2, 0) is 11.2 Å². The number of nitrogens with zero attached hydrogens (tertiary/aromatic N) is 2. The Morgan fingerprint density at radius 2 is 2.24 bits per heavy atom. The Morgan fingerprint density at radius 3 is 2.84 bits per heavy atom. The Kier molecular flexibility index (Phi) is 5.83. The fourth-order valence-corrected chi connectivity index (χ4v) is 3.11. The van der Waals surface area contributed by atoms with Gasteiger partial charge in [-0.1, -0.05) is 12.2 Å². The smallest absolute Gasteiger partial charge is 0.410 e. The molecule has 0 unspecified atom stereocenters. The Balaban J connectivity index is 2.27. The topological polar surface area (TPSA) is 62.7 Å². The van der Waals surface area contributed by atoms with Crippen LogP contribution in [0.5, 0.6) is 0 Å². The quantitative estimate of drug-likeness (QED) is 0.663. The van der Waals surface area contributed by atoms with Crippen LogP contribution in [0.1, 0.15) is 57.8 Å². The standard InChI is InChI=1S/C19H27FN2O3/c1-12(2)11-14-13(8-9-21-17(14)20)16(23)15-7-6-10-22(15)18(24)25-19(3,4)5/h8-9,15-16,23H,1,6-7,10-11H2,2-5H3/t15-,16-/m0/s1. The lowest BCUT2D eigenvalue weighted by atomic mass is 9.94. The molecular weight excluding hydrogens is 323 g/mol. The van der Waals surface area contributed by atoms with Crippen molar-refractivity contribution in [1.82, 2.24) is 9.88 Å². The SMILES string of the molecule is C=C(C)Cc1c([C@H](O)[C@@H]2CCCN2C(=O)OC(C)(C)C)ccnc1F. The third-order valence-electron chi connectivity index (χ3n) is 4.13. The van der Waals surface area contributed by atoms with Gasteiger partial charge in [-0.05, 0) is 58.6 Å². The molecule has 2 rings (SSSR count). The van der Waals surface area contributed by atoms with Gasteiger partial charge >= 0.3 is 6.09 Å². The van der Waals surface area contributed by atoms with Crippen LogP contribution < -0.4 is 0 Å². The van der Waals surface area contributed by atoms with Crippen LogP contribution in [0.4, 0.5) is 9.18 Å². The van der Waals surface area contributed by atoms with Crippen molar-refractivity contribution in [2.24, 2.45) is 0 Å². The highest BCUT2D eigenvalue weighted by molar-refractivity contribution is 5.69. The second-order valence-corrected chi connectivity index (χ2v) is 7.63. The van der Waals surface area contributed by atoms with Gasteiger partial charge in [-0.2, -0.15) is 4.39 Å². The number of likely N-dealkylation sites (tertiary alicyclic amines) is 1. The molecule has 25 heavy (non-hydrogen) atoms. The molecule has 1 amide bonds. The molecular formula is C19H27FN2O3. The summed E-state index contributed by atoms with van der Waals surface area (Å²) in [5.41, 5.74) is 0.952. The largest absolute Gasteiger partial charge is 0.444 e. The maximum absolute atomic E-state index is 14.2. The maximum Gasteiger partial charge on any atom is 0.410 e. The Morgan fingerprint density at radius 1 is 1.56 bits per heavy atom. The van der Waals surface area contributed by atoms with Crippen molar-refractivity contribution in [3.05, 3.63) is 41.5 Å². The fraction of sp³-hybridized carbons (Fsp3) is 0.579. The fourth-order valence-electron chi connectivity index (χ4n) is 3.11. The minimum Gasteiger partial charge on any atom is -0.444 e. The summed E-state index contributed by atoms with van der Waals surface area (Å²) in [5.74, 6) is -0.610. The van der Waals surface area contributed by atoms with Crippen LogP contribution >= 0.6 is 0 Å². The zero-order chi connectivity index (χ0) is 18.8. The van der Waals surface area contributed by atoms with Gasteiger partial charge < -0.3 is 14.7 Å². The van der Waals surface area contributed by atoms with E-state index in [0.717, 1.165) is 12.0 Å². The van der Waals surface area contributed by atoms with E-state index in [1.165, 1.54) is 6.20 Å². The lowest BCUT2D eigenvalue weighted by Crippen LogP contribution is -2.42. The van der Waals surface area contributed by atoms with Gasteiger partial charge in [-0.15, -0.1) is 0 Å². The van der Waals surface area contributed by atoms with E-state index in [9.17, 15) is 14.3 Å². The number of hydrogen-bond acceptors (Lipinski definition) is 4. The number of ether oxygens (including phenoxy) is 1. The van der Waals surface area contributed by atoms with E-state index < -0.39 is 29.8 Å². The molecule has 0 saturated carbocycles. The second-order valence-electron chi connectivity index (χ2n) is 7.63. The summed E-state index contributed by atoms with van der Waals surface area (Å²) in [6.45, 7) is 11.5. The first kappa shape index (κ1) is 19.4. The van der Waals surface area contributed by atoms with Crippen molar-refractivity contribution in [3.8, 4) is 0 Å². The van der Waals surface area contributed by atoms with E-state index in [1.54, 1.807) is 38.7 Å². The van der Waals surface area contributed by atoms with Gasteiger partial charge in [0.25, 0.3) is 0 Å². The monoisotopic (exact) mass is 350 g/mol. The summed E-state index contributed by atoms with van der Waals surface area (Å²) in [7, 11) is 0. The number of amides is 1. The van der Waals surface area contributed by atoms with Gasteiger partial charge in [0.1, 0.15) is 5.60 Å². The molecule has 2 atom stereocenters. The number of aromatic nitrogens is 1. The zero-order valence-corrected chi connectivity index (χ0v) is 15.4. The Labute approximate surface area is 148 Å². The van der Waals surface area contributed by atoms with Crippen LogP contribution in [-0.4, -0.2) is 39.3 Å². The lowest BCUT2D eigenvalue weighted by molar-refractivity contribution is 0.00471. The van der Waals surface area contributed by atoms with Gasteiger partial charge in [-0.3, -0.25) is 0 Å². The summed E-state index contributed by atoms with van der Waals surface area (Å²) < 4.78 is 19.6. The van der Waals surface area contributed by atoms with Gasteiger partial charge in [-0.25, -0.2) is 9.78 Å². The molecule has 5 nitrogen and oxygen atoms in total. The van der Waals surface area contributed by atoms with E-state index >= 15 is 0 Å².